The summed E-state index contributed by atoms with van der Waals surface area (Å²) in [7, 11) is 0. The molecule has 0 atom stereocenters. The van der Waals surface area contributed by atoms with E-state index in [1.807, 2.05) is 0 Å². The van der Waals surface area contributed by atoms with E-state index >= 15 is 0 Å². The lowest BCUT2D eigenvalue weighted by Gasteiger charge is -2.07. The summed E-state index contributed by atoms with van der Waals surface area (Å²) >= 11 is 1.70. The summed E-state index contributed by atoms with van der Waals surface area (Å²) in [5, 5.41) is 6.66. The van der Waals surface area contributed by atoms with Crippen LogP contribution in [-0.4, -0.2) is 16.5 Å². The fourth-order valence-corrected chi connectivity index (χ4v) is 2.55. The zero-order chi connectivity index (χ0) is 11.0. The third-order valence-electron chi connectivity index (χ3n) is 2.83. The Balaban J connectivity index is 2.03. The smallest absolute Gasteiger partial charge is 0.138 e. The molecule has 0 bridgehead atoms. The molecule has 1 saturated carbocycles. The molecule has 2 aromatic rings. The van der Waals surface area contributed by atoms with Crippen molar-refractivity contribution in [2.45, 2.75) is 32.1 Å². The summed E-state index contributed by atoms with van der Waals surface area (Å²) in [6.07, 6.45) is 3.63. The third-order valence-corrected chi connectivity index (χ3v) is 3.63. The number of rotatable bonds is 4. The van der Waals surface area contributed by atoms with E-state index in [-0.39, 0.29) is 0 Å². The van der Waals surface area contributed by atoms with Gasteiger partial charge in [0.05, 0.1) is 5.39 Å². The lowest BCUT2D eigenvalue weighted by atomic mass is 10.3. The molecule has 0 radical (unpaired) electrons. The minimum absolute atomic E-state index is 0.619. The van der Waals surface area contributed by atoms with E-state index in [2.05, 4.69) is 33.7 Å². The maximum atomic E-state index is 4.66. The molecule has 0 amide bonds. The van der Waals surface area contributed by atoms with Gasteiger partial charge in [-0.1, -0.05) is 6.92 Å². The molecule has 3 nitrogen and oxygen atoms in total. The number of nitrogens with one attached hydrogen (secondary N) is 1. The topological polar surface area (TPSA) is 37.8 Å². The average Bonchev–Trinajstić information content (AvgIpc) is 3.04. The largest absolute Gasteiger partial charge is 0.369 e. The molecule has 2 heterocycles. The van der Waals surface area contributed by atoms with Crippen LogP contribution in [-0.2, 0) is 0 Å². The molecule has 0 aliphatic heterocycles. The molecular formula is C12H15N3S. The van der Waals surface area contributed by atoms with Crippen LogP contribution in [0.1, 0.15) is 37.9 Å². The molecule has 0 unspecified atom stereocenters. The minimum Gasteiger partial charge on any atom is -0.369 e. The van der Waals surface area contributed by atoms with Crippen molar-refractivity contribution in [3.05, 3.63) is 17.3 Å². The number of hydrogen-bond donors (Lipinski definition) is 1. The summed E-state index contributed by atoms with van der Waals surface area (Å²) in [6.45, 7) is 3.15. The molecule has 1 fully saturated rings. The minimum atomic E-state index is 0.619. The standard InChI is InChI=1S/C12H15N3S/c1-2-6-13-11-9-5-7-16-12(9)15-10(14-11)8-3-4-8/h5,7-8H,2-4,6H2,1H3,(H,13,14,15). The lowest BCUT2D eigenvalue weighted by molar-refractivity contribution is 0.927. The monoisotopic (exact) mass is 233 g/mol. The Hall–Kier alpha value is -1.16. The first-order valence-electron chi connectivity index (χ1n) is 5.87. The van der Waals surface area contributed by atoms with Gasteiger partial charge in [-0.3, -0.25) is 0 Å². The first kappa shape index (κ1) is 10.0. The molecule has 1 aliphatic rings. The van der Waals surface area contributed by atoms with Gasteiger partial charge in [-0.2, -0.15) is 0 Å². The van der Waals surface area contributed by atoms with Gasteiger partial charge in [0.2, 0.25) is 0 Å². The first-order valence-corrected chi connectivity index (χ1v) is 6.75. The van der Waals surface area contributed by atoms with Gasteiger partial charge in [-0.25, -0.2) is 9.97 Å². The van der Waals surface area contributed by atoms with E-state index in [0.29, 0.717) is 5.92 Å². The second-order valence-corrected chi connectivity index (χ2v) is 5.17. The number of thiophene rings is 1. The van der Waals surface area contributed by atoms with Crippen molar-refractivity contribution in [1.29, 1.82) is 0 Å². The van der Waals surface area contributed by atoms with Crippen molar-refractivity contribution in [3.8, 4) is 0 Å². The Kier molecular flexibility index (Phi) is 2.52. The number of aromatic nitrogens is 2. The van der Waals surface area contributed by atoms with Crippen LogP contribution in [0.4, 0.5) is 5.82 Å². The van der Waals surface area contributed by atoms with Gasteiger partial charge in [0.15, 0.2) is 0 Å². The van der Waals surface area contributed by atoms with Crippen LogP contribution in [0.3, 0.4) is 0 Å². The second-order valence-electron chi connectivity index (χ2n) is 4.27. The van der Waals surface area contributed by atoms with Crippen LogP contribution < -0.4 is 5.32 Å². The first-order chi connectivity index (χ1) is 7.88. The Bertz CT molecular complexity index is 502. The van der Waals surface area contributed by atoms with Crippen molar-refractivity contribution >= 4 is 27.4 Å². The van der Waals surface area contributed by atoms with Gasteiger partial charge in [0.25, 0.3) is 0 Å². The van der Waals surface area contributed by atoms with E-state index < -0.39 is 0 Å². The summed E-state index contributed by atoms with van der Waals surface area (Å²) < 4.78 is 0. The summed E-state index contributed by atoms with van der Waals surface area (Å²) in [5.74, 6) is 2.68. The molecule has 1 N–H and O–H groups in total. The van der Waals surface area contributed by atoms with Crippen LogP contribution >= 0.6 is 11.3 Å². The van der Waals surface area contributed by atoms with E-state index in [0.717, 1.165) is 29.4 Å². The SMILES string of the molecule is CCCNc1nc(C2CC2)nc2sccc12. The average molecular weight is 233 g/mol. The molecular weight excluding hydrogens is 218 g/mol. The van der Waals surface area contributed by atoms with E-state index in [1.54, 1.807) is 11.3 Å². The number of hydrogen-bond acceptors (Lipinski definition) is 4. The van der Waals surface area contributed by atoms with Crippen LogP contribution in [0, 0.1) is 0 Å². The number of nitrogens with zero attached hydrogens (tertiary/aromatic N) is 2. The van der Waals surface area contributed by atoms with Gasteiger partial charge in [0, 0.05) is 12.5 Å². The molecule has 1 aliphatic carbocycles. The highest BCUT2D eigenvalue weighted by Gasteiger charge is 2.27. The zero-order valence-corrected chi connectivity index (χ0v) is 10.2. The fraction of sp³-hybridized carbons (Fsp3) is 0.500. The van der Waals surface area contributed by atoms with Crippen molar-refractivity contribution in [2.75, 3.05) is 11.9 Å². The van der Waals surface area contributed by atoms with Gasteiger partial charge < -0.3 is 5.32 Å². The quantitative estimate of drug-likeness (QED) is 0.879. The summed E-state index contributed by atoms with van der Waals surface area (Å²) in [4.78, 5) is 10.4. The Morgan fingerprint density at radius 3 is 3.06 bits per heavy atom. The molecule has 0 aromatic carbocycles. The second kappa shape index (κ2) is 4.01. The fourth-order valence-electron chi connectivity index (χ4n) is 1.77. The number of anilines is 1. The number of fused-ring (bicyclic) bond motifs is 1. The predicted octanol–water partition coefficient (Wildman–Crippen LogP) is 3.39. The molecule has 4 heteroatoms. The van der Waals surface area contributed by atoms with E-state index in [1.165, 1.54) is 18.2 Å². The van der Waals surface area contributed by atoms with Gasteiger partial charge in [0.1, 0.15) is 16.5 Å². The normalized spacial score (nSPS) is 15.6. The maximum absolute atomic E-state index is 4.66. The van der Waals surface area contributed by atoms with Crippen LogP contribution in [0.25, 0.3) is 10.2 Å². The van der Waals surface area contributed by atoms with Crippen LogP contribution in [0.15, 0.2) is 11.4 Å². The van der Waals surface area contributed by atoms with Crippen molar-refractivity contribution < 1.29 is 0 Å². The molecule has 16 heavy (non-hydrogen) atoms. The highest BCUT2D eigenvalue weighted by molar-refractivity contribution is 7.16. The lowest BCUT2D eigenvalue weighted by Crippen LogP contribution is -2.04. The molecule has 2 aromatic heterocycles. The van der Waals surface area contributed by atoms with Crippen molar-refractivity contribution in [2.24, 2.45) is 0 Å². The predicted molar refractivity (Wildman–Crippen MR) is 68.2 cm³/mol. The molecule has 0 saturated heterocycles. The Labute approximate surface area is 98.9 Å². The highest BCUT2D eigenvalue weighted by Crippen LogP contribution is 2.39. The molecule has 3 rings (SSSR count). The van der Waals surface area contributed by atoms with Crippen LogP contribution in [0.5, 0.6) is 0 Å². The van der Waals surface area contributed by atoms with Gasteiger partial charge >= 0.3 is 0 Å². The highest BCUT2D eigenvalue weighted by atomic mass is 32.1. The maximum Gasteiger partial charge on any atom is 0.138 e. The molecule has 0 spiro atoms. The third kappa shape index (κ3) is 1.78. The van der Waals surface area contributed by atoms with Crippen molar-refractivity contribution in [1.82, 2.24) is 9.97 Å². The molecule has 84 valence electrons. The van der Waals surface area contributed by atoms with Crippen molar-refractivity contribution in [3.63, 3.8) is 0 Å². The Morgan fingerprint density at radius 2 is 2.31 bits per heavy atom. The zero-order valence-electron chi connectivity index (χ0n) is 9.36. The van der Waals surface area contributed by atoms with E-state index in [4.69, 9.17) is 0 Å². The van der Waals surface area contributed by atoms with E-state index in [9.17, 15) is 0 Å². The summed E-state index contributed by atoms with van der Waals surface area (Å²) in [6, 6.07) is 2.11. The Morgan fingerprint density at radius 1 is 1.44 bits per heavy atom. The van der Waals surface area contributed by atoms with Gasteiger partial charge in [-0.05, 0) is 30.7 Å². The van der Waals surface area contributed by atoms with Crippen LogP contribution in [0.2, 0.25) is 0 Å². The van der Waals surface area contributed by atoms with Gasteiger partial charge in [-0.15, -0.1) is 11.3 Å². The summed E-state index contributed by atoms with van der Waals surface area (Å²) in [5.41, 5.74) is 0.